The van der Waals surface area contributed by atoms with E-state index in [4.69, 9.17) is 0 Å². The largest absolute Gasteiger partial charge is 0.309 e. The third-order valence-electron chi connectivity index (χ3n) is 12.9. The summed E-state index contributed by atoms with van der Waals surface area (Å²) in [5.41, 5.74) is 19.5. The van der Waals surface area contributed by atoms with Crippen molar-refractivity contribution in [3.05, 3.63) is 217 Å². The van der Waals surface area contributed by atoms with Crippen molar-refractivity contribution in [2.24, 2.45) is 0 Å². The van der Waals surface area contributed by atoms with E-state index in [2.05, 4.69) is 229 Å². The van der Waals surface area contributed by atoms with Gasteiger partial charge in [0.1, 0.15) is 0 Å². The highest BCUT2D eigenvalue weighted by molar-refractivity contribution is 6.29. The Morgan fingerprint density at radius 1 is 0.322 bits per heavy atom. The van der Waals surface area contributed by atoms with Gasteiger partial charge >= 0.3 is 0 Å². The van der Waals surface area contributed by atoms with E-state index >= 15 is 0 Å². The molecule has 0 atom stereocenters. The molecule has 278 valence electrons. The number of benzene rings is 9. The van der Waals surface area contributed by atoms with Gasteiger partial charge in [-0.1, -0.05) is 166 Å². The van der Waals surface area contributed by atoms with Gasteiger partial charge in [-0.15, -0.1) is 0 Å². The number of rotatable bonds is 5. The van der Waals surface area contributed by atoms with E-state index in [1.165, 1.54) is 105 Å². The summed E-state index contributed by atoms with van der Waals surface area (Å²) in [4.78, 5) is 0. The van der Waals surface area contributed by atoms with Gasteiger partial charge < -0.3 is 9.13 Å². The number of nitrogens with zero attached hydrogens (tertiary/aromatic N) is 2. The van der Waals surface area contributed by atoms with Crippen molar-refractivity contribution in [3.63, 3.8) is 0 Å². The van der Waals surface area contributed by atoms with Crippen molar-refractivity contribution in [3.8, 4) is 55.9 Å². The first-order valence-electron chi connectivity index (χ1n) is 20.6. The first kappa shape index (κ1) is 33.7. The van der Waals surface area contributed by atoms with E-state index in [-0.39, 0.29) is 5.41 Å². The molecule has 0 radical (unpaired) electrons. The fraction of sp³-hybridized carbons (Fsp3) is 0.0526. The van der Waals surface area contributed by atoms with E-state index < -0.39 is 0 Å². The predicted molar refractivity (Wildman–Crippen MR) is 249 cm³/mol. The van der Waals surface area contributed by atoms with Gasteiger partial charge in [-0.2, -0.15) is 0 Å². The van der Waals surface area contributed by atoms with Crippen molar-refractivity contribution in [1.29, 1.82) is 0 Å². The minimum absolute atomic E-state index is 0.125. The van der Waals surface area contributed by atoms with Gasteiger partial charge in [0.25, 0.3) is 0 Å². The molecule has 59 heavy (non-hydrogen) atoms. The normalized spacial score (nSPS) is 13.1. The summed E-state index contributed by atoms with van der Waals surface area (Å²) < 4.78 is 5.04. The minimum atomic E-state index is -0.125. The third-order valence-corrected chi connectivity index (χ3v) is 12.9. The summed E-state index contributed by atoms with van der Waals surface area (Å²) >= 11 is 0. The number of aromatic nitrogens is 2. The second-order valence-electron chi connectivity index (χ2n) is 16.5. The van der Waals surface area contributed by atoms with Gasteiger partial charge in [0.05, 0.1) is 27.8 Å². The molecule has 1 aliphatic rings. The number of hydrogen-bond donors (Lipinski definition) is 0. The minimum Gasteiger partial charge on any atom is -0.309 e. The van der Waals surface area contributed by atoms with Gasteiger partial charge in [0.2, 0.25) is 0 Å². The molecule has 0 unspecified atom stereocenters. The highest BCUT2D eigenvalue weighted by atomic mass is 15.0. The zero-order chi connectivity index (χ0) is 39.2. The standard InChI is InChI=1S/C57H40N2/c1-57(2)48-26-10-12-29-51(48)59-53-31-30-52-54(55(53)47-25-15-27-49(57)56(47)59)46-24-9-11-28-50(46)58(52)45-35-43(41-22-13-20-39(32-41)37-16-5-3-6-17-37)34-44(36-45)42-23-14-21-40(33-42)38-18-7-4-8-19-38/h3-36H,1-2H3. The van der Waals surface area contributed by atoms with Crippen LogP contribution >= 0.6 is 0 Å². The molecule has 2 aromatic heterocycles. The topological polar surface area (TPSA) is 9.86 Å². The van der Waals surface area contributed by atoms with Crippen LogP contribution in [-0.4, -0.2) is 9.13 Å². The Morgan fingerprint density at radius 3 is 1.44 bits per heavy atom. The molecular formula is C57H40N2. The van der Waals surface area contributed by atoms with Crippen LogP contribution in [0.5, 0.6) is 0 Å². The van der Waals surface area contributed by atoms with E-state index in [9.17, 15) is 0 Å². The van der Waals surface area contributed by atoms with Crippen LogP contribution in [0, 0.1) is 0 Å². The highest BCUT2D eigenvalue weighted by Gasteiger charge is 2.35. The maximum absolute atomic E-state index is 2.53. The summed E-state index contributed by atoms with van der Waals surface area (Å²) in [5.74, 6) is 0. The van der Waals surface area contributed by atoms with Gasteiger partial charge in [-0.3, -0.25) is 0 Å². The zero-order valence-electron chi connectivity index (χ0n) is 33.0. The Labute approximate surface area is 343 Å². The zero-order valence-corrected chi connectivity index (χ0v) is 33.0. The summed E-state index contributed by atoms with van der Waals surface area (Å²) in [7, 11) is 0. The SMILES string of the molecule is CC1(C)c2ccccc2-n2c3ccc4c(c5ccccc5n4-c4cc(-c5cccc(-c6ccccc6)c5)cc(-c5cccc(-c6ccccc6)c5)c4)c3c3cccc1c32. The smallest absolute Gasteiger partial charge is 0.0582 e. The second kappa shape index (κ2) is 12.8. The Bertz CT molecular complexity index is 3350. The number of para-hydroxylation sites is 3. The molecule has 0 saturated heterocycles. The third kappa shape index (κ3) is 5.06. The molecule has 0 amide bonds. The van der Waals surface area contributed by atoms with E-state index in [1.54, 1.807) is 0 Å². The van der Waals surface area contributed by atoms with Gasteiger partial charge in [-0.25, -0.2) is 0 Å². The average Bonchev–Trinajstić information content (AvgIpc) is 3.82. The second-order valence-corrected chi connectivity index (χ2v) is 16.5. The lowest BCUT2D eigenvalue weighted by Gasteiger charge is -2.34. The lowest BCUT2D eigenvalue weighted by atomic mass is 9.75. The molecule has 1 aliphatic heterocycles. The van der Waals surface area contributed by atoms with Crippen LogP contribution in [-0.2, 0) is 5.41 Å². The molecule has 0 spiro atoms. The van der Waals surface area contributed by atoms with Crippen LogP contribution in [0.1, 0.15) is 25.0 Å². The van der Waals surface area contributed by atoms with Gasteiger partial charge in [-0.05, 0) is 110 Å². The first-order chi connectivity index (χ1) is 29.0. The molecule has 9 aromatic carbocycles. The van der Waals surface area contributed by atoms with Crippen molar-refractivity contribution < 1.29 is 0 Å². The van der Waals surface area contributed by atoms with Crippen molar-refractivity contribution in [1.82, 2.24) is 9.13 Å². The molecule has 2 heteroatoms. The van der Waals surface area contributed by atoms with Crippen molar-refractivity contribution in [2.75, 3.05) is 0 Å². The van der Waals surface area contributed by atoms with Crippen LogP contribution < -0.4 is 0 Å². The van der Waals surface area contributed by atoms with Crippen LogP contribution in [0.2, 0.25) is 0 Å². The molecule has 0 saturated carbocycles. The summed E-state index contributed by atoms with van der Waals surface area (Å²) in [6, 6.07) is 76.1. The van der Waals surface area contributed by atoms with Gasteiger partial charge in [0, 0.05) is 32.6 Å². The Balaban J connectivity index is 1.15. The summed E-state index contributed by atoms with van der Waals surface area (Å²) in [6.45, 7) is 4.75. The predicted octanol–water partition coefficient (Wildman–Crippen LogP) is 15.2. The van der Waals surface area contributed by atoms with E-state index in [1.807, 2.05) is 0 Å². The molecule has 0 N–H and O–H groups in total. The molecule has 0 fully saturated rings. The van der Waals surface area contributed by atoms with E-state index in [0.717, 1.165) is 5.69 Å². The molecule has 3 heterocycles. The molecule has 11 aromatic rings. The van der Waals surface area contributed by atoms with Crippen molar-refractivity contribution >= 4 is 43.6 Å². The van der Waals surface area contributed by atoms with Crippen LogP contribution in [0.15, 0.2) is 206 Å². The first-order valence-corrected chi connectivity index (χ1v) is 20.6. The Kier molecular flexibility index (Phi) is 7.31. The maximum Gasteiger partial charge on any atom is 0.0582 e. The molecule has 0 bridgehead atoms. The molecular weight excluding hydrogens is 713 g/mol. The average molecular weight is 753 g/mol. The fourth-order valence-corrected chi connectivity index (χ4v) is 10.1. The van der Waals surface area contributed by atoms with Crippen LogP contribution in [0.4, 0.5) is 0 Å². The summed E-state index contributed by atoms with van der Waals surface area (Å²) in [6.07, 6.45) is 0. The van der Waals surface area contributed by atoms with E-state index in [0.29, 0.717) is 0 Å². The molecule has 0 aliphatic carbocycles. The maximum atomic E-state index is 2.53. The van der Waals surface area contributed by atoms with Crippen molar-refractivity contribution in [2.45, 2.75) is 19.3 Å². The quantitative estimate of drug-likeness (QED) is 0.166. The van der Waals surface area contributed by atoms with Crippen LogP contribution in [0.3, 0.4) is 0 Å². The summed E-state index contributed by atoms with van der Waals surface area (Å²) in [5, 5.41) is 5.16. The number of hydrogen-bond acceptors (Lipinski definition) is 0. The Hall–Kier alpha value is -7.42. The lowest BCUT2D eigenvalue weighted by Crippen LogP contribution is -2.26. The monoisotopic (exact) mass is 752 g/mol. The highest BCUT2D eigenvalue weighted by Crippen LogP contribution is 2.50. The Morgan fingerprint density at radius 2 is 0.780 bits per heavy atom. The van der Waals surface area contributed by atoms with Crippen LogP contribution in [0.25, 0.3) is 99.5 Å². The van der Waals surface area contributed by atoms with Gasteiger partial charge in [0.15, 0.2) is 0 Å². The lowest BCUT2D eigenvalue weighted by molar-refractivity contribution is 0.630. The fourth-order valence-electron chi connectivity index (χ4n) is 10.1. The number of fused-ring (bicyclic) bond motifs is 9. The molecule has 2 nitrogen and oxygen atoms in total. The molecule has 12 rings (SSSR count).